The highest BCUT2D eigenvalue weighted by Gasteiger charge is 2.21. The third kappa shape index (κ3) is 2.44. The lowest BCUT2D eigenvalue weighted by molar-refractivity contribution is 0.629. The Morgan fingerprint density at radius 1 is 1.19 bits per heavy atom. The fourth-order valence-electron chi connectivity index (χ4n) is 3.70. The van der Waals surface area contributed by atoms with Crippen molar-refractivity contribution in [1.82, 2.24) is 9.97 Å². The first-order valence-corrected chi connectivity index (χ1v) is 9.52. The molecule has 0 spiro atoms. The van der Waals surface area contributed by atoms with Gasteiger partial charge in [0, 0.05) is 61.5 Å². The van der Waals surface area contributed by atoms with Crippen molar-refractivity contribution in [2.45, 2.75) is 13.0 Å². The molecule has 4 aromatic rings. The molecule has 5 rings (SSSR count). The van der Waals surface area contributed by atoms with Crippen molar-refractivity contribution >= 4 is 43.3 Å². The lowest BCUT2D eigenvalue weighted by atomic mass is 10.0. The molecular weight excluding hydrogens is 347 g/mol. The molecule has 4 nitrogen and oxygen atoms in total. The second-order valence-electron chi connectivity index (χ2n) is 6.99. The van der Waals surface area contributed by atoms with E-state index < -0.39 is 0 Å². The van der Waals surface area contributed by atoms with Crippen LogP contribution in [-0.2, 0) is 13.0 Å². The lowest BCUT2D eigenvalue weighted by Crippen LogP contribution is -2.29. The number of fused-ring (bicyclic) bond motifs is 4. The highest BCUT2D eigenvalue weighted by molar-refractivity contribution is 7.22. The van der Waals surface area contributed by atoms with E-state index in [0.29, 0.717) is 0 Å². The Bertz CT molecular complexity index is 1130. The van der Waals surface area contributed by atoms with Gasteiger partial charge in [0.2, 0.25) is 0 Å². The van der Waals surface area contributed by atoms with Gasteiger partial charge in [-0.05, 0) is 36.4 Å². The molecule has 0 atom stereocenters. The number of nitrogens with one attached hydrogen (secondary N) is 1. The number of hydrogen-bond acceptors (Lipinski definition) is 4. The molecule has 1 N–H and O–H groups in total. The summed E-state index contributed by atoms with van der Waals surface area (Å²) in [5.41, 5.74) is 5.70. The first-order chi connectivity index (χ1) is 12.6. The predicted octanol–water partition coefficient (Wildman–Crippen LogP) is 4.55. The highest BCUT2D eigenvalue weighted by atomic mass is 32.1. The van der Waals surface area contributed by atoms with E-state index in [9.17, 15) is 4.39 Å². The molecule has 0 amide bonds. The van der Waals surface area contributed by atoms with Crippen LogP contribution in [0.3, 0.4) is 0 Å². The van der Waals surface area contributed by atoms with E-state index in [1.807, 2.05) is 25.1 Å². The molecule has 0 unspecified atom stereocenters. The molecule has 132 valence electrons. The summed E-state index contributed by atoms with van der Waals surface area (Å²) in [5, 5.41) is 2.02. The van der Waals surface area contributed by atoms with Gasteiger partial charge < -0.3 is 14.8 Å². The Hall–Kier alpha value is -2.60. The number of halogens is 1. The fourth-order valence-corrected chi connectivity index (χ4v) is 4.62. The topological polar surface area (TPSA) is 35.2 Å². The Balaban J connectivity index is 1.53. The van der Waals surface area contributed by atoms with E-state index >= 15 is 0 Å². The molecule has 0 saturated heterocycles. The van der Waals surface area contributed by atoms with Gasteiger partial charge in [-0.25, -0.2) is 9.37 Å². The van der Waals surface area contributed by atoms with Crippen LogP contribution in [0.4, 0.5) is 15.2 Å². The van der Waals surface area contributed by atoms with Gasteiger partial charge in [0.25, 0.3) is 0 Å². The summed E-state index contributed by atoms with van der Waals surface area (Å²) in [6, 6.07) is 11.5. The van der Waals surface area contributed by atoms with Crippen molar-refractivity contribution in [2.24, 2.45) is 0 Å². The predicted molar refractivity (Wildman–Crippen MR) is 107 cm³/mol. The zero-order valence-corrected chi connectivity index (χ0v) is 15.5. The quantitative estimate of drug-likeness (QED) is 0.565. The molecule has 2 aromatic carbocycles. The minimum Gasteiger partial charge on any atom is -0.367 e. The number of nitrogens with zero attached hydrogens (tertiary/aromatic N) is 3. The average molecular weight is 366 g/mol. The number of aromatic amines is 1. The summed E-state index contributed by atoms with van der Waals surface area (Å²) < 4.78 is 14.9. The molecule has 3 heterocycles. The van der Waals surface area contributed by atoms with Crippen LogP contribution in [0.15, 0.2) is 36.4 Å². The highest BCUT2D eigenvalue weighted by Crippen LogP contribution is 2.34. The zero-order valence-electron chi connectivity index (χ0n) is 14.7. The van der Waals surface area contributed by atoms with Gasteiger partial charge in [-0.2, -0.15) is 0 Å². The van der Waals surface area contributed by atoms with Gasteiger partial charge in [-0.15, -0.1) is 0 Å². The van der Waals surface area contributed by atoms with Crippen molar-refractivity contribution in [3.63, 3.8) is 0 Å². The van der Waals surface area contributed by atoms with Crippen LogP contribution >= 0.6 is 11.3 Å². The minimum atomic E-state index is -0.182. The summed E-state index contributed by atoms with van der Waals surface area (Å²) in [4.78, 5) is 12.5. The van der Waals surface area contributed by atoms with Gasteiger partial charge in [-0.3, -0.25) is 0 Å². The Morgan fingerprint density at radius 3 is 2.92 bits per heavy atom. The van der Waals surface area contributed by atoms with Crippen molar-refractivity contribution < 1.29 is 4.39 Å². The molecule has 0 bridgehead atoms. The van der Waals surface area contributed by atoms with Gasteiger partial charge >= 0.3 is 0 Å². The molecule has 0 aliphatic carbocycles. The number of benzene rings is 2. The second-order valence-corrected chi connectivity index (χ2v) is 8.00. The first-order valence-electron chi connectivity index (χ1n) is 8.70. The normalized spacial score (nSPS) is 14.2. The van der Waals surface area contributed by atoms with Crippen LogP contribution in [0.1, 0.15) is 11.3 Å². The number of aromatic nitrogens is 2. The van der Waals surface area contributed by atoms with Crippen molar-refractivity contribution in [3.05, 3.63) is 53.5 Å². The van der Waals surface area contributed by atoms with Crippen LogP contribution < -0.4 is 9.80 Å². The number of rotatable bonds is 2. The average Bonchev–Trinajstić information content (AvgIpc) is 3.21. The third-order valence-electron chi connectivity index (χ3n) is 5.05. The molecule has 1 aliphatic rings. The molecule has 0 fully saturated rings. The molecule has 2 aromatic heterocycles. The number of H-pyrrole nitrogens is 1. The molecule has 6 heteroatoms. The summed E-state index contributed by atoms with van der Waals surface area (Å²) in [6.07, 6.45) is 0.940. The van der Waals surface area contributed by atoms with E-state index in [1.165, 1.54) is 27.7 Å². The van der Waals surface area contributed by atoms with Crippen LogP contribution in [0.25, 0.3) is 21.1 Å². The molecule has 0 saturated carbocycles. The largest absolute Gasteiger partial charge is 0.367 e. The molecular formula is C20H19FN4S. The SMILES string of the molecule is CN(C)c1nc2ccc(N3CCc4[nH]c5ccc(F)cc5c4C3)cc2s1. The summed E-state index contributed by atoms with van der Waals surface area (Å²) >= 11 is 1.71. The number of anilines is 2. The third-order valence-corrected chi connectivity index (χ3v) is 6.23. The second kappa shape index (κ2) is 5.71. The van der Waals surface area contributed by atoms with Gasteiger partial charge in [0.1, 0.15) is 5.82 Å². The van der Waals surface area contributed by atoms with E-state index in [1.54, 1.807) is 17.4 Å². The number of thiazole rings is 1. The van der Waals surface area contributed by atoms with E-state index in [4.69, 9.17) is 0 Å². The molecule has 1 aliphatic heterocycles. The van der Waals surface area contributed by atoms with E-state index in [0.717, 1.165) is 41.1 Å². The standard InChI is InChI=1S/C20H19FN4S/c1-24(2)20-23-18-6-4-13(10-19(18)26-20)25-8-7-17-15(11-25)14-9-12(21)3-5-16(14)22-17/h3-6,9-10,22H,7-8,11H2,1-2H3. The van der Waals surface area contributed by atoms with Crippen LogP contribution in [0.2, 0.25) is 0 Å². The van der Waals surface area contributed by atoms with E-state index in [2.05, 4.69) is 33.1 Å². The minimum absolute atomic E-state index is 0.182. The fraction of sp³-hybridized carbons (Fsp3) is 0.250. The maximum atomic E-state index is 13.7. The van der Waals surface area contributed by atoms with Crippen LogP contribution in [0, 0.1) is 5.82 Å². The van der Waals surface area contributed by atoms with Crippen LogP contribution in [0.5, 0.6) is 0 Å². The Labute approximate surface area is 154 Å². The smallest absolute Gasteiger partial charge is 0.185 e. The van der Waals surface area contributed by atoms with Gasteiger partial charge in [-0.1, -0.05) is 11.3 Å². The molecule has 0 radical (unpaired) electrons. The summed E-state index contributed by atoms with van der Waals surface area (Å²) in [6.45, 7) is 1.75. The van der Waals surface area contributed by atoms with Crippen molar-refractivity contribution in [3.8, 4) is 0 Å². The van der Waals surface area contributed by atoms with Crippen molar-refractivity contribution in [2.75, 3.05) is 30.4 Å². The first kappa shape index (κ1) is 15.6. The zero-order chi connectivity index (χ0) is 17.8. The van der Waals surface area contributed by atoms with Crippen LogP contribution in [-0.4, -0.2) is 30.6 Å². The maximum Gasteiger partial charge on any atom is 0.185 e. The monoisotopic (exact) mass is 366 g/mol. The van der Waals surface area contributed by atoms with Gasteiger partial charge in [0.05, 0.1) is 10.2 Å². The lowest BCUT2D eigenvalue weighted by Gasteiger charge is -2.29. The van der Waals surface area contributed by atoms with Gasteiger partial charge in [0.15, 0.2) is 5.13 Å². The van der Waals surface area contributed by atoms with Crippen molar-refractivity contribution in [1.29, 1.82) is 0 Å². The summed E-state index contributed by atoms with van der Waals surface area (Å²) in [7, 11) is 4.03. The Morgan fingerprint density at radius 2 is 2.08 bits per heavy atom. The number of hydrogen-bond donors (Lipinski definition) is 1. The maximum absolute atomic E-state index is 13.7. The molecule has 26 heavy (non-hydrogen) atoms. The summed E-state index contributed by atoms with van der Waals surface area (Å²) in [5.74, 6) is -0.182. The Kier molecular flexibility index (Phi) is 3.43. The van der Waals surface area contributed by atoms with E-state index in [-0.39, 0.29) is 5.82 Å².